The van der Waals surface area contributed by atoms with Crippen LogP contribution in [0, 0.1) is 4.77 Å². The summed E-state index contributed by atoms with van der Waals surface area (Å²) in [7, 11) is 0. The molecule has 1 unspecified atom stereocenters. The third-order valence-corrected chi connectivity index (χ3v) is 5.08. The molecule has 1 aromatic heterocycles. The van der Waals surface area contributed by atoms with Gasteiger partial charge in [-0.2, -0.15) is 5.10 Å². The fourth-order valence-electron chi connectivity index (χ4n) is 3.49. The highest BCUT2D eigenvalue weighted by Crippen LogP contribution is 2.36. The van der Waals surface area contributed by atoms with Gasteiger partial charge in [0.2, 0.25) is 5.91 Å². The van der Waals surface area contributed by atoms with Gasteiger partial charge in [0.1, 0.15) is 0 Å². The Morgan fingerprint density at radius 3 is 3.00 bits per heavy atom. The van der Waals surface area contributed by atoms with Gasteiger partial charge in [0.25, 0.3) is 0 Å². The van der Waals surface area contributed by atoms with E-state index in [1.54, 1.807) is 0 Å². The number of aromatic nitrogens is 3. The highest BCUT2D eigenvalue weighted by molar-refractivity contribution is 7.71. The normalized spacial score (nSPS) is 20.1. The first-order valence-electron chi connectivity index (χ1n) is 8.25. The Morgan fingerprint density at radius 2 is 2.17 bits per heavy atom. The molecule has 0 aliphatic heterocycles. The van der Waals surface area contributed by atoms with Crippen LogP contribution in [0.2, 0.25) is 0 Å². The minimum absolute atomic E-state index is 0.0451. The lowest BCUT2D eigenvalue weighted by atomic mass is 9.82. The fraction of sp³-hybridized carbons (Fsp3) is 0.471. The van der Waals surface area contributed by atoms with Gasteiger partial charge in [0.15, 0.2) is 10.6 Å². The molecule has 23 heavy (non-hydrogen) atoms. The predicted molar refractivity (Wildman–Crippen MR) is 89.7 cm³/mol. The van der Waals surface area contributed by atoms with Crippen molar-refractivity contribution in [1.82, 2.24) is 20.1 Å². The molecule has 0 bridgehead atoms. The molecule has 1 aromatic carbocycles. The van der Waals surface area contributed by atoms with Crippen molar-refractivity contribution in [2.45, 2.75) is 50.6 Å². The van der Waals surface area contributed by atoms with Crippen LogP contribution in [-0.2, 0) is 17.8 Å². The van der Waals surface area contributed by atoms with Gasteiger partial charge in [-0.15, -0.1) is 0 Å². The number of nitrogens with one attached hydrogen (secondary N) is 2. The maximum Gasteiger partial charge on any atom is 0.227 e. The van der Waals surface area contributed by atoms with Crippen LogP contribution in [0.1, 0.15) is 54.6 Å². The summed E-state index contributed by atoms with van der Waals surface area (Å²) >= 11 is 5.28. The van der Waals surface area contributed by atoms with Crippen molar-refractivity contribution in [2.24, 2.45) is 0 Å². The first-order chi connectivity index (χ1) is 11.2. The number of H-pyrrole nitrogens is 1. The van der Waals surface area contributed by atoms with E-state index in [1.165, 1.54) is 11.1 Å². The minimum atomic E-state index is -0.0451. The Balaban J connectivity index is 1.48. The molecule has 2 aromatic rings. The van der Waals surface area contributed by atoms with Gasteiger partial charge in [0, 0.05) is 6.04 Å². The number of carbonyl (C=O) groups is 1. The average Bonchev–Trinajstić information content (AvgIpc) is 3.35. The second-order valence-electron chi connectivity index (χ2n) is 6.41. The summed E-state index contributed by atoms with van der Waals surface area (Å²) in [5.74, 6) is 0.875. The molecule has 4 rings (SSSR count). The molecule has 0 radical (unpaired) electrons. The first-order valence-corrected chi connectivity index (χ1v) is 8.66. The summed E-state index contributed by atoms with van der Waals surface area (Å²) in [6.45, 7) is 0.432. The van der Waals surface area contributed by atoms with Crippen molar-refractivity contribution in [2.75, 3.05) is 0 Å². The van der Waals surface area contributed by atoms with Crippen LogP contribution >= 0.6 is 12.2 Å². The van der Waals surface area contributed by atoms with Crippen LogP contribution in [-0.4, -0.2) is 20.7 Å². The molecule has 1 fully saturated rings. The Bertz CT molecular complexity index is 790. The quantitative estimate of drug-likeness (QED) is 0.848. The second kappa shape index (κ2) is 5.92. The standard InChI is InChI=1S/C17H20N4OS/c22-16(14-7-3-5-11-4-1-2-6-13(11)14)18-10-15-19-20-17(23)21(15)12-8-9-12/h1-2,4,6,12,14H,3,5,7-10H2,(H,18,22)(H,20,23). The van der Waals surface area contributed by atoms with Crippen molar-refractivity contribution in [3.05, 3.63) is 46.0 Å². The van der Waals surface area contributed by atoms with E-state index >= 15 is 0 Å². The van der Waals surface area contributed by atoms with Crippen LogP contribution < -0.4 is 5.32 Å². The van der Waals surface area contributed by atoms with Gasteiger partial charge in [-0.3, -0.25) is 14.5 Å². The zero-order valence-electron chi connectivity index (χ0n) is 12.9. The number of carbonyl (C=O) groups excluding carboxylic acids is 1. The van der Waals surface area contributed by atoms with E-state index in [0.717, 1.165) is 37.9 Å². The lowest BCUT2D eigenvalue weighted by Gasteiger charge is -2.24. The summed E-state index contributed by atoms with van der Waals surface area (Å²) < 4.78 is 2.70. The number of amides is 1. The first kappa shape index (κ1) is 14.6. The van der Waals surface area contributed by atoms with E-state index in [2.05, 4.69) is 27.6 Å². The molecule has 2 aliphatic carbocycles. The molecular weight excluding hydrogens is 308 g/mol. The molecule has 6 heteroatoms. The van der Waals surface area contributed by atoms with Crippen LogP contribution in [0.25, 0.3) is 0 Å². The molecule has 1 atom stereocenters. The Kier molecular flexibility index (Phi) is 3.77. The summed E-state index contributed by atoms with van der Waals surface area (Å²) in [4.78, 5) is 12.7. The zero-order chi connectivity index (χ0) is 15.8. The van der Waals surface area contributed by atoms with Gasteiger partial charge in [-0.25, -0.2) is 0 Å². The van der Waals surface area contributed by atoms with E-state index in [1.807, 2.05) is 16.7 Å². The lowest BCUT2D eigenvalue weighted by molar-refractivity contribution is -0.123. The van der Waals surface area contributed by atoms with Crippen molar-refractivity contribution < 1.29 is 4.79 Å². The third-order valence-electron chi connectivity index (χ3n) is 4.80. The number of aromatic amines is 1. The van der Waals surface area contributed by atoms with Gasteiger partial charge >= 0.3 is 0 Å². The predicted octanol–water partition coefficient (Wildman–Crippen LogP) is 3.01. The van der Waals surface area contributed by atoms with E-state index < -0.39 is 0 Å². The number of hydrogen-bond acceptors (Lipinski definition) is 3. The van der Waals surface area contributed by atoms with Gasteiger partial charge < -0.3 is 5.32 Å². The van der Waals surface area contributed by atoms with Gasteiger partial charge in [0.05, 0.1) is 12.5 Å². The highest BCUT2D eigenvalue weighted by Gasteiger charge is 2.29. The molecular formula is C17H20N4OS. The smallest absolute Gasteiger partial charge is 0.227 e. The summed E-state index contributed by atoms with van der Waals surface area (Å²) in [5, 5.41) is 10.2. The van der Waals surface area contributed by atoms with Crippen molar-refractivity contribution in [3.8, 4) is 0 Å². The molecule has 5 nitrogen and oxygen atoms in total. The van der Waals surface area contributed by atoms with Gasteiger partial charge in [-0.05, 0) is 55.4 Å². The number of benzene rings is 1. The number of fused-ring (bicyclic) bond motifs is 1. The largest absolute Gasteiger partial charge is 0.348 e. The topological polar surface area (TPSA) is 62.7 Å². The van der Waals surface area contributed by atoms with E-state index in [9.17, 15) is 4.79 Å². The van der Waals surface area contributed by atoms with E-state index in [-0.39, 0.29) is 11.8 Å². The SMILES string of the molecule is O=C(NCc1n[nH]c(=S)n1C1CC1)C1CCCc2ccccc21. The maximum atomic E-state index is 12.7. The summed E-state index contributed by atoms with van der Waals surface area (Å²) in [6.07, 6.45) is 5.34. The number of rotatable bonds is 4. The number of hydrogen-bond donors (Lipinski definition) is 2. The Morgan fingerprint density at radius 1 is 1.35 bits per heavy atom. The number of aryl methyl sites for hydroxylation is 1. The monoisotopic (exact) mass is 328 g/mol. The molecule has 0 saturated heterocycles. The third kappa shape index (κ3) is 2.83. The summed E-state index contributed by atoms with van der Waals surface area (Å²) in [5.41, 5.74) is 2.48. The number of nitrogens with zero attached hydrogens (tertiary/aromatic N) is 2. The van der Waals surface area contributed by atoms with E-state index in [0.29, 0.717) is 17.4 Å². The molecule has 1 amide bonds. The van der Waals surface area contributed by atoms with Crippen molar-refractivity contribution in [1.29, 1.82) is 0 Å². The van der Waals surface area contributed by atoms with Crippen LogP contribution in [0.5, 0.6) is 0 Å². The molecule has 2 aliphatic rings. The maximum absolute atomic E-state index is 12.7. The molecule has 120 valence electrons. The second-order valence-corrected chi connectivity index (χ2v) is 6.79. The van der Waals surface area contributed by atoms with Crippen LogP contribution in [0.3, 0.4) is 0 Å². The van der Waals surface area contributed by atoms with Gasteiger partial charge in [-0.1, -0.05) is 24.3 Å². The van der Waals surface area contributed by atoms with Crippen molar-refractivity contribution >= 4 is 18.1 Å². The van der Waals surface area contributed by atoms with Crippen LogP contribution in [0.15, 0.2) is 24.3 Å². The Hall–Kier alpha value is -1.95. The fourth-order valence-corrected chi connectivity index (χ4v) is 3.79. The highest BCUT2D eigenvalue weighted by atomic mass is 32.1. The summed E-state index contributed by atoms with van der Waals surface area (Å²) in [6, 6.07) is 8.74. The molecule has 2 N–H and O–H groups in total. The van der Waals surface area contributed by atoms with Crippen LogP contribution in [0.4, 0.5) is 0 Å². The zero-order valence-corrected chi connectivity index (χ0v) is 13.7. The van der Waals surface area contributed by atoms with Crippen molar-refractivity contribution in [3.63, 3.8) is 0 Å². The lowest BCUT2D eigenvalue weighted by Crippen LogP contribution is -2.31. The molecule has 1 heterocycles. The Labute approximate surface area is 140 Å². The van der Waals surface area contributed by atoms with E-state index in [4.69, 9.17) is 12.2 Å². The minimum Gasteiger partial charge on any atom is -0.348 e. The average molecular weight is 328 g/mol. The molecule has 0 spiro atoms. The molecule has 1 saturated carbocycles.